The number of aryl methyl sites for hydroxylation is 1. The third kappa shape index (κ3) is 3.62. The van der Waals surface area contributed by atoms with E-state index in [1.165, 1.54) is 0 Å². The number of rotatable bonds is 4. The molecule has 1 saturated heterocycles. The summed E-state index contributed by atoms with van der Waals surface area (Å²) in [6.07, 6.45) is 0. The number of nitrogens with zero attached hydrogens (tertiary/aromatic N) is 3. The smallest absolute Gasteiger partial charge is 0.274 e. The van der Waals surface area contributed by atoms with Crippen LogP contribution in [0.25, 0.3) is 0 Å². The Hall–Kier alpha value is -2.67. The normalized spacial score (nSPS) is 14.3. The average Bonchev–Trinajstić information content (AvgIpc) is 2.62. The van der Waals surface area contributed by atoms with Crippen LogP contribution in [0.2, 0.25) is 0 Å². The molecular formula is C17H20N4O3. The van der Waals surface area contributed by atoms with Gasteiger partial charge in [-0.15, -0.1) is 0 Å². The highest BCUT2D eigenvalue weighted by Crippen LogP contribution is 2.24. The van der Waals surface area contributed by atoms with E-state index in [1.54, 1.807) is 32.2 Å². The van der Waals surface area contributed by atoms with Crippen molar-refractivity contribution < 1.29 is 14.3 Å². The lowest BCUT2D eigenvalue weighted by Gasteiger charge is -2.28. The van der Waals surface area contributed by atoms with Crippen molar-refractivity contribution in [3.05, 3.63) is 41.9 Å². The minimum atomic E-state index is -0.292. The summed E-state index contributed by atoms with van der Waals surface area (Å²) >= 11 is 0. The van der Waals surface area contributed by atoms with Crippen LogP contribution in [0.3, 0.4) is 0 Å². The minimum absolute atomic E-state index is 0.292. The van der Waals surface area contributed by atoms with E-state index >= 15 is 0 Å². The van der Waals surface area contributed by atoms with Crippen LogP contribution in [0, 0.1) is 6.92 Å². The molecule has 24 heavy (non-hydrogen) atoms. The van der Waals surface area contributed by atoms with Crippen molar-refractivity contribution in [3.8, 4) is 5.75 Å². The predicted octanol–water partition coefficient (Wildman–Crippen LogP) is 1.88. The van der Waals surface area contributed by atoms with Crippen molar-refractivity contribution >= 4 is 17.4 Å². The lowest BCUT2D eigenvalue weighted by molar-refractivity contribution is 0.102. The molecule has 0 saturated carbocycles. The van der Waals surface area contributed by atoms with Gasteiger partial charge in [-0.05, 0) is 19.1 Å². The zero-order valence-electron chi connectivity index (χ0n) is 13.8. The number of methoxy groups -OCH3 is 1. The molecule has 0 radical (unpaired) electrons. The van der Waals surface area contributed by atoms with Crippen molar-refractivity contribution in [2.45, 2.75) is 6.92 Å². The van der Waals surface area contributed by atoms with Gasteiger partial charge in [-0.25, -0.2) is 9.97 Å². The second kappa shape index (κ2) is 7.27. The summed E-state index contributed by atoms with van der Waals surface area (Å²) in [7, 11) is 1.57. The quantitative estimate of drug-likeness (QED) is 0.923. The van der Waals surface area contributed by atoms with Crippen LogP contribution < -0.4 is 15.0 Å². The van der Waals surface area contributed by atoms with Crippen LogP contribution in [0.15, 0.2) is 30.3 Å². The molecule has 2 heterocycles. The number of carbonyl (C=O) groups is 1. The first-order chi connectivity index (χ1) is 11.7. The average molecular weight is 328 g/mol. The van der Waals surface area contributed by atoms with E-state index in [2.05, 4.69) is 20.2 Å². The second-order valence-corrected chi connectivity index (χ2v) is 5.41. The molecule has 1 aromatic heterocycles. The third-order valence-electron chi connectivity index (χ3n) is 3.75. The van der Waals surface area contributed by atoms with Gasteiger partial charge in [-0.2, -0.15) is 0 Å². The maximum Gasteiger partial charge on any atom is 0.274 e. The van der Waals surface area contributed by atoms with Gasteiger partial charge in [0.1, 0.15) is 23.1 Å². The van der Waals surface area contributed by atoms with Crippen LogP contribution >= 0.6 is 0 Å². The van der Waals surface area contributed by atoms with Gasteiger partial charge < -0.3 is 19.7 Å². The molecule has 1 N–H and O–H groups in total. The molecule has 1 aromatic carbocycles. The number of ether oxygens (including phenoxy) is 2. The van der Waals surface area contributed by atoms with E-state index in [4.69, 9.17) is 9.47 Å². The molecule has 0 unspecified atom stereocenters. The highest BCUT2D eigenvalue weighted by atomic mass is 16.5. The molecule has 0 aliphatic carbocycles. The number of aromatic nitrogens is 2. The number of benzene rings is 1. The van der Waals surface area contributed by atoms with Gasteiger partial charge in [0, 0.05) is 19.2 Å². The molecule has 7 nitrogen and oxygen atoms in total. The SMILES string of the molecule is COc1ccccc1NC(=O)c1cc(N2CCOCC2)nc(C)n1. The van der Waals surface area contributed by atoms with Crippen molar-refractivity contribution in [2.24, 2.45) is 0 Å². The summed E-state index contributed by atoms with van der Waals surface area (Å²) in [6, 6.07) is 8.97. The largest absolute Gasteiger partial charge is 0.495 e. The van der Waals surface area contributed by atoms with Crippen molar-refractivity contribution in [1.29, 1.82) is 0 Å². The molecule has 1 fully saturated rings. The lowest BCUT2D eigenvalue weighted by atomic mass is 10.2. The number of morpholine rings is 1. The fourth-order valence-electron chi connectivity index (χ4n) is 2.56. The minimum Gasteiger partial charge on any atom is -0.495 e. The molecule has 3 rings (SSSR count). The fourth-order valence-corrected chi connectivity index (χ4v) is 2.56. The monoisotopic (exact) mass is 328 g/mol. The van der Waals surface area contributed by atoms with E-state index in [0.29, 0.717) is 36.2 Å². The standard InChI is InChI=1S/C17H20N4O3/c1-12-18-14(11-16(19-12)21-7-9-24-10-8-21)17(22)20-13-5-3-4-6-15(13)23-2/h3-6,11H,7-10H2,1-2H3,(H,20,22). The van der Waals surface area contributed by atoms with Crippen LogP contribution in [-0.2, 0) is 4.74 Å². The summed E-state index contributed by atoms with van der Waals surface area (Å²) in [4.78, 5) is 23.4. The van der Waals surface area contributed by atoms with Crippen molar-refractivity contribution in [3.63, 3.8) is 0 Å². The Balaban J connectivity index is 1.83. The molecule has 0 spiro atoms. The first-order valence-electron chi connectivity index (χ1n) is 7.80. The van der Waals surface area contributed by atoms with Crippen molar-refractivity contribution in [1.82, 2.24) is 9.97 Å². The van der Waals surface area contributed by atoms with E-state index in [9.17, 15) is 4.79 Å². The number of nitrogens with one attached hydrogen (secondary N) is 1. The van der Waals surface area contributed by atoms with E-state index in [-0.39, 0.29) is 5.91 Å². The van der Waals surface area contributed by atoms with Crippen LogP contribution in [0.1, 0.15) is 16.3 Å². The molecular weight excluding hydrogens is 308 g/mol. The van der Waals surface area contributed by atoms with Crippen molar-refractivity contribution in [2.75, 3.05) is 43.6 Å². The Labute approximate surface area is 140 Å². The molecule has 1 aliphatic heterocycles. The van der Waals surface area contributed by atoms with Gasteiger partial charge in [0.15, 0.2) is 0 Å². The summed E-state index contributed by atoms with van der Waals surface area (Å²) in [5.74, 6) is 1.62. The third-order valence-corrected chi connectivity index (χ3v) is 3.75. The first kappa shape index (κ1) is 16.2. The zero-order valence-corrected chi connectivity index (χ0v) is 13.8. The van der Waals surface area contributed by atoms with E-state index < -0.39 is 0 Å². The maximum absolute atomic E-state index is 12.6. The Bertz CT molecular complexity index is 730. The van der Waals surface area contributed by atoms with Crippen LogP contribution in [0.5, 0.6) is 5.75 Å². The lowest BCUT2D eigenvalue weighted by Crippen LogP contribution is -2.37. The molecule has 0 atom stereocenters. The molecule has 0 bridgehead atoms. The van der Waals surface area contributed by atoms with Gasteiger partial charge in [-0.1, -0.05) is 12.1 Å². The summed E-state index contributed by atoms with van der Waals surface area (Å²) in [5, 5.41) is 2.84. The predicted molar refractivity (Wildman–Crippen MR) is 90.7 cm³/mol. The Morgan fingerprint density at radius 1 is 1.25 bits per heavy atom. The van der Waals surface area contributed by atoms with Gasteiger partial charge in [0.05, 0.1) is 26.0 Å². The number of amides is 1. The highest BCUT2D eigenvalue weighted by molar-refractivity contribution is 6.04. The summed E-state index contributed by atoms with van der Waals surface area (Å²) in [6.45, 7) is 4.61. The fraction of sp³-hybridized carbons (Fsp3) is 0.353. The molecule has 1 amide bonds. The Morgan fingerprint density at radius 3 is 2.75 bits per heavy atom. The number of para-hydroxylation sites is 2. The highest BCUT2D eigenvalue weighted by Gasteiger charge is 2.17. The van der Waals surface area contributed by atoms with E-state index in [1.807, 2.05) is 12.1 Å². The first-order valence-corrected chi connectivity index (χ1v) is 7.80. The summed E-state index contributed by atoms with van der Waals surface area (Å²) < 4.78 is 10.6. The van der Waals surface area contributed by atoms with Gasteiger partial charge >= 0.3 is 0 Å². The topological polar surface area (TPSA) is 76.6 Å². The van der Waals surface area contributed by atoms with Gasteiger partial charge in [-0.3, -0.25) is 4.79 Å². The second-order valence-electron chi connectivity index (χ2n) is 5.41. The van der Waals surface area contributed by atoms with Crippen LogP contribution in [-0.4, -0.2) is 49.3 Å². The summed E-state index contributed by atoms with van der Waals surface area (Å²) in [5.41, 5.74) is 0.934. The Morgan fingerprint density at radius 2 is 2.00 bits per heavy atom. The molecule has 1 aliphatic rings. The molecule has 126 valence electrons. The van der Waals surface area contributed by atoms with Gasteiger partial charge in [0.25, 0.3) is 5.91 Å². The molecule has 2 aromatic rings. The number of hydrogen-bond donors (Lipinski definition) is 1. The number of hydrogen-bond acceptors (Lipinski definition) is 6. The Kier molecular flexibility index (Phi) is 4.90. The molecule has 7 heteroatoms. The van der Waals surface area contributed by atoms with Crippen LogP contribution in [0.4, 0.5) is 11.5 Å². The maximum atomic E-state index is 12.6. The van der Waals surface area contributed by atoms with E-state index in [0.717, 1.165) is 18.9 Å². The van der Waals surface area contributed by atoms with Gasteiger partial charge in [0.2, 0.25) is 0 Å². The zero-order chi connectivity index (χ0) is 16.9. The number of anilines is 2. The number of carbonyl (C=O) groups excluding carboxylic acids is 1.